The quantitative estimate of drug-likeness (QED) is 0.696. The molecule has 1 unspecified atom stereocenters. The normalized spacial score (nSPS) is 19.2. The van der Waals surface area contributed by atoms with E-state index in [9.17, 15) is 9.59 Å². The van der Waals surface area contributed by atoms with Gasteiger partial charge in [-0.2, -0.15) is 0 Å². The van der Waals surface area contributed by atoms with E-state index in [-0.39, 0.29) is 17.8 Å². The summed E-state index contributed by atoms with van der Waals surface area (Å²) in [7, 11) is 0. The molecule has 0 bridgehead atoms. The third kappa shape index (κ3) is 4.64. The van der Waals surface area contributed by atoms with Gasteiger partial charge in [-0.05, 0) is 19.9 Å². The maximum Gasteiger partial charge on any atom is 0.309 e. The van der Waals surface area contributed by atoms with Gasteiger partial charge in [0, 0.05) is 33.1 Å². The zero-order valence-corrected chi connectivity index (χ0v) is 11.6. The van der Waals surface area contributed by atoms with Gasteiger partial charge in [-0.25, -0.2) is 0 Å². The van der Waals surface area contributed by atoms with Gasteiger partial charge in [-0.3, -0.25) is 9.59 Å². The highest BCUT2D eigenvalue weighted by Gasteiger charge is 2.21. The van der Waals surface area contributed by atoms with Crippen LogP contribution in [0.5, 0.6) is 0 Å². The van der Waals surface area contributed by atoms with Crippen molar-refractivity contribution >= 4 is 11.9 Å². The Morgan fingerprint density at radius 3 is 2.56 bits per heavy atom. The zero-order chi connectivity index (χ0) is 13.5. The maximum atomic E-state index is 11.6. The summed E-state index contributed by atoms with van der Waals surface area (Å²) < 4.78 is 5.01. The Balaban J connectivity index is 2.39. The number of hydrogen-bond donors (Lipinski definition) is 0. The van der Waals surface area contributed by atoms with E-state index in [2.05, 4.69) is 4.90 Å². The van der Waals surface area contributed by atoms with Crippen molar-refractivity contribution in [3.05, 3.63) is 0 Å². The largest absolute Gasteiger partial charge is 0.466 e. The summed E-state index contributed by atoms with van der Waals surface area (Å²) in [6.07, 6.45) is 0.967. The Morgan fingerprint density at radius 1 is 1.22 bits per heavy atom. The highest BCUT2D eigenvalue weighted by Crippen LogP contribution is 2.08. The molecule has 0 radical (unpaired) electrons. The predicted octanol–water partition coefficient (Wildman–Crippen LogP) is 0.740. The van der Waals surface area contributed by atoms with E-state index in [1.54, 1.807) is 6.92 Å². The standard InChI is InChI=1S/C13H24N2O3/c1-4-18-13(17)11(2)10-14-6-5-7-15(9-8-14)12(3)16/h11H,4-10H2,1-3H3. The van der Waals surface area contributed by atoms with Gasteiger partial charge in [0.25, 0.3) is 0 Å². The molecule has 0 aromatic heterocycles. The number of amides is 1. The fraction of sp³-hybridized carbons (Fsp3) is 0.846. The second kappa shape index (κ2) is 7.36. The molecule has 1 heterocycles. The molecule has 1 fully saturated rings. The molecule has 0 saturated carbocycles. The van der Waals surface area contributed by atoms with E-state index < -0.39 is 0 Å². The van der Waals surface area contributed by atoms with Crippen LogP contribution in [0.4, 0.5) is 0 Å². The first-order valence-corrected chi connectivity index (χ1v) is 6.69. The highest BCUT2D eigenvalue weighted by molar-refractivity contribution is 5.73. The van der Waals surface area contributed by atoms with Crippen LogP contribution < -0.4 is 0 Å². The molecule has 1 amide bonds. The third-order valence-electron chi connectivity index (χ3n) is 3.25. The summed E-state index contributed by atoms with van der Waals surface area (Å²) in [5, 5.41) is 0. The van der Waals surface area contributed by atoms with Crippen LogP contribution >= 0.6 is 0 Å². The molecule has 104 valence electrons. The number of hydrogen-bond acceptors (Lipinski definition) is 4. The monoisotopic (exact) mass is 256 g/mol. The van der Waals surface area contributed by atoms with E-state index in [0.717, 1.165) is 32.6 Å². The molecule has 0 aliphatic carbocycles. The van der Waals surface area contributed by atoms with Crippen molar-refractivity contribution in [3.8, 4) is 0 Å². The number of nitrogens with zero attached hydrogens (tertiary/aromatic N) is 2. The van der Waals surface area contributed by atoms with Gasteiger partial charge >= 0.3 is 5.97 Å². The second-order valence-corrected chi connectivity index (χ2v) is 4.81. The SMILES string of the molecule is CCOC(=O)C(C)CN1CCCN(C(C)=O)CC1. The average Bonchev–Trinajstić information content (AvgIpc) is 2.55. The van der Waals surface area contributed by atoms with Crippen LogP contribution in [-0.4, -0.2) is 61.0 Å². The van der Waals surface area contributed by atoms with Crippen LogP contribution in [0.3, 0.4) is 0 Å². The molecule has 0 N–H and O–H groups in total. The number of carbonyl (C=O) groups excluding carboxylic acids is 2. The minimum atomic E-state index is -0.134. The number of esters is 1. The summed E-state index contributed by atoms with van der Waals surface area (Å²) in [6, 6.07) is 0. The lowest BCUT2D eigenvalue weighted by atomic mass is 10.1. The molecule has 1 atom stereocenters. The molecule has 5 nitrogen and oxygen atoms in total. The van der Waals surface area contributed by atoms with E-state index in [1.807, 2.05) is 18.7 Å². The predicted molar refractivity (Wildman–Crippen MR) is 69.1 cm³/mol. The molecule has 18 heavy (non-hydrogen) atoms. The highest BCUT2D eigenvalue weighted by atomic mass is 16.5. The lowest BCUT2D eigenvalue weighted by Gasteiger charge is -2.23. The van der Waals surface area contributed by atoms with Crippen molar-refractivity contribution in [3.63, 3.8) is 0 Å². The first-order chi connectivity index (χ1) is 8.54. The summed E-state index contributed by atoms with van der Waals surface area (Å²) in [5.74, 6) is -0.103. The Bertz CT molecular complexity index is 294. The maximum absolute atomic E-state index is 11.6. The minimum absolute atomic E-state index is 0.103. The Labute approximate surface area is 109 Å². The van der Waals surface area contributed by atoms with E-state index in [0.29, 0.717) is 13.2 Å². The molecule has 1 saturated heterocycles. The van der Waals surface area contributed by atoms with Crippen LogP contribution in [0.1, 0.15) is 27.2 Å². The summed E-state index contributed by atoms with van der Waals surface area (Å²) in [6.45, 7) is 9.82. The smallest absolute Gasteiger partial charge is 0.309 e. The van der Waals surface area contributed by atoms with Crippen LogP contribution in [0.2, 0.25) is 0 Å². The van der Waals surface area contributed by atoms with Gasteiger partial charge in [0.15, 0.2) is 0 Å². The van der Waals surface area contributed by atoms with Gasteiger partial charge in [0.05, 0.1) is 12.5 Å². The fourth-order valence-electron chi connectivity index (χ4n) is 2.21. The molecule has 0 spiro atoms. The first-order valence-electron chi connectivity index (χ1n) is 6.69. The molecule has 1 rings (SSSR count). The third-order valence-corrected chi connectivity index (χ3v) is 3.25. The van der Waals surface area contributed by atoms with Crippen molar-refractivity contribution in [1.82, 2.24) is 9.80 Å². The number of rotatable bonds is 4. The molecule has 0 aromatic rings. The van der Waals surface area contributed by atoms with E-state index in [4.69, 9.17) is 4.74 Å². The molecule has 0 aromatic carbocycles. The van der Waals surface area contributed by atoms with Gasteiger partial charge in [-0.1, -0.05) is 6.92 Å². The molecule has 1 aliphatic heterocycles. The van der Waals surface area contributed by atoms with Gasteiger partial charge in [0.1, 0.15) is 0 Å². The average molecular weight is 256 g/mol. The van der Waals surface area contributed by atoms with Crippen molar-refractivity contribution in [2.75, 3.05) is 39.3 Å². The molecule has 1 aliphatic rings. The van der Waals surface area contributed by atoms with E-state index in [1.165, 1.54) is 0 Å². The van der Waals surface area contributed by atoms with Crippen molar-refractivity contribution in [2.24, 2.45) is 5.92 Å². The summed E-state index contributed by atoms with van der Waals surface area (Å²) in [4.78, 5) is 27.0. The van der Waals surface area contributed by atoms with Crippen LogP contribution in [0.15, 0.2) is 0 Å². The topological polar surface area (TPSA) is 49.9 Å². The zero-order valence-electron chi connectivity index (χ0n) is 11.6. The van der Waals surface area contributed by atoms with Gasteiger partial charge < -0.3 is 14.5 Å². The number of carbonyl (C=O) groups is 2. The Kier molecular flexibility index (Phi) is 6.12. The summed E-state index contributed by atoms with van der Waals surface area (Å²) >= 11 is 0. The molecular weight excluding hydrogens is 232 g/mol. The number of ether oxygens (including phenoxy) is 1. The molecule has 5 heteroatoms. The van der Waals surface area contributed by atoms with Crippen LogP contribution in [-0.2, 0) is 14.3 Å². The van der Waals surface area contributed by atoms with Crippen molar-refractivity contribution < 1.29 is 14.3 Å². The first kappa shape index (κ1) is 15.0. The Hall–Kier alpha value is -1.10. The molecular formula is C13H24N2O3. The lowest BCUT2D eigenvalue weighted by Crippen LogP contribution is -2.36. The van der Waals surface area contributed by atoms with Crippen LogP contribution in [0.25, 0.3) is 0 Å². The second-order valence-electron chi connectivity index (χ2n) is 4.81. The lowest BCUT2D eigenvalue weighted by molar-refractivity contribution is -0.148. The van der Waals surface area contributed by atoms with Crippen molar-refractivity contribution in [1.29, 1.82) is 0 Å². The Morgan fingerprint density at radius 2 is 1.94 bits per heavy atom. The van der Waals surface area contributed by atoms with E-state index >= 15 is 0 Å². The minimum Gasteiger partial charge on any atom is -0.466 e. The van der Waals surface area contributed by atoms with Gasteiger partial charge in [0.2, 0.25) is 5.91 Å². The fourth-order valence-corrected chi connectivity index (χ4v) is 2.21. The summed E-state index contributed by atoms with van der Waals surface area (Å²) in [5.41, 5.74) is 0. The van der Waals surface area contributed by atoms with Gasteiger partial charge in [-0.15, -0.1) is 0 Å². The van der Waals surface area contributed by atoms with Crippen molar-refractivity contribution in [2.45, 2.75) is 27.2 Å². The van der Waals surface area contributed by atoms with Crippen LogP contribution in [0, 0.1) is 5.92 Å².